The predicted molar refractivity (Wildman–Crippen MR) is 68.0 cm³/mol. The van der Waals surface area contributed by atoms with Gasteiger partial charge in [0.1, 0.15) is 5.82 Å². The van der Waals surface area contributed by atoms with Gasteiger partial charge in [-0.05, 0) is 47.5 Å². The van der Waals surface area contributed by atoms with Crippen LogP contribution in [0.3, 0.4) is 0 Å². The molecule has 1 amide bonds. The molecule has 0 atom stereocenters. The Balaban J connectivity index is 2.21. The molecule has 1 aromatic heterocycles. The zero-order valence-corrected chi connectivity index (χ0v) is 11.0. The number of aromatic amines is 1. The summed E-state index contributed by atoms with van der Waals surface area (Å²) in [4.78, 5) is 15.8. The van der Waals surface area contributed by atoms with Gasteiger partial charge in [0.15, 0.2) is 0 Å². The summed E-state index contributed by atoms with van der Waals surface area (Å²) in [7, 11) is 0. The van der Waals surface area contributed by atoms with E-state index < -0.39 is 0 Å². The molecule has 0 unspecified atom stereocenters. The highest BCUT2D eigenvalue weighted by molar-refractivity contribution is 9.10. The third-order valence-corrected chi connectivity index (χ3v) is 2.86. The maximum Gasteiger partial charge on any atom is 0.295 e. The third-order valence-electron chi connectivity index (χ3n) is 2.17. The summed E-state index contributed by atoms with van der Waals surface area (Å²) >= 11 is 3.37. The number of nitrogens with one attached hydrogen (secondary N) is 2. The van der Waals surface area contributed by atoms with Gasteiger partial charge in [-0.25, -0.2) is 4.98 Å². The highest BCUT2D eigenvalue weighted by atomic mass is 79.9. The first-order valence-electron chi connectivity index (χ1n) is 5.03. The van der Waals surface area contributed by atoms with Gasteiger partial charge in [0.25, 0.3) is 5.91 Å². The lowest BCUT2D eigenvalue weighted by molar-refractivity contribution is 0.101. The first-order chi connectivity index (χ1) is 8.06. The van der Waals surface area contributed by atoms with Gasteiger partial charge in [-0.3, -0.25) is 9.89 Å². The number of hydrogen-bond donors (Lipinski definition) is 2. The molecule has 1 aromatic carbocycles. The van der Waals surface area contributed by atoms with Crippen LogP contribution in [0.4, 0.5) is 5.69 Å². The van der Waals surface area contributed by atoms with Crippen LogP contribution in [-0.4, -0.2) is 21.1 Å². The molecule has 0 aliphatic rings. The summed E-state index contributed by atoms with van der Waals surface area (Å²) in [6.45, 7) is 3.70. The number of carbonyl (C=O) groups is 1. The average molecular weight is 295 g/mol. The summed E-state index contributed by atoms with van der Waals surface area (Å²) in [6.07, 6.45) is 0. The first kappa shape index (κ1) is 11.8. The van der Waals surface area contributed by atoms with Gasteiger partial charge in [0, 0.05) is 4.47 Å². The lowest BCUT2D eigenvalue weighted by Gasteiger charge is -2.06. The van der Waals surface area contributed by atoms with Crippen LogP contribution in [-0.2, 0) is 0 Å². The topological polar surface area (TPSA) is 70.7 Å². The van der Waals surface area contributed by atoms with E-state index in [2.05, 4.69) is 36.4 Å². The molecule has 0 aliphatic carbocycles. The summed E-state index contributed by atoms with van der Waals surface area (Å²) in [5.74, 6) is 0.412. The van der Waals surface area contributed by atoms with E-state index in [0.717, 1.165) is 10.0 Å². The highest BCUT2D eigenvalue weighted by Crippen LogP contribution is 2.23. The van der Waals surface area contributed by atoms with Gasteiger partial charge in [-0.1, -0.05) is 6.07 Å². The number of aromatic nitrogens is 3. The maximum absolute atomic E-state index is 11.8. The molecule has 0 saturated carbocycles. The SMILES string of the molecule is Cc1ccc(Br)c(NC(=O)c2n[nH]c(C)n2)c1. The van der Waals surface area contributed by atoms with Crippen molar-refractivity contribution < 1.29 is 4.79 Å². The molecule has 2 N–H and O–H groups in total. The molecule has 0 bridgehead atoms. The quantitative estimate of drug-likeness (QED) is 0.894. The number of aryl methyl sites for hydroxylation is 2. The number of nitrogens with zero attached hydrogens (tertiary/aromatic N) is 2. The van der Waals surface area contributed by atoms with Crippen molar-refractivity contribution in [2.45, 2.75) is 13.8 Å². The minimum absolute atomic E-state index is 0.135. The molecule has 1 heterocycles. The van der Waals surface area contributed by atoms with Gasteiger partial charge in [-0.2, -0.15) is 0 Å². The van der Waals surface area contributed by atoms with Crippen LogP contribution in [0.15, 0.2) is 22.7 Å². The molecular formula is C11H11BrN4O. The van der Waals surface area contributed by atoms with E-state index in [4.69, 9.17) is 0 Å². The number of hydrogen-bond acceptors (Lipinski definition) is 3. The fourth-order valence-corrected chi connectivity index (χ4v) is 1.70. The van der Waals surface area contributed by atoms with Crippen LogP contribution in [0.5, 0.6) is 0 Å². The number of rotatable bonds is 2. The molecule has 88 valence electrons. The Kier molecular flexibility index (Phi) is 3.23. The zero-order chi connectivity index (χ0) is 12.4. The molecule has 0 fully saturated rings. The van der Waals surface area contributed by atoms with Crippen molar-refractivity contribution in [3.05, 3.63) is 39.9 Å². The Bertz CT molecular complexity index is 564. The molecule has 0 radical (unpaired) electrons. The Labute approximate surface area is 107 Å². The predicted octanol–water partition coefficient (Wildman–Crippen LogP) is 2.44. The van der Waals surface area contributed by atoms with Crippen molar-refractivity contribution >= 4 is 27.5 Å². The Morgan fingerprint density at radius 3 is 2.82 bits per heavy atom. The summed E-state index contributed by atoms with van der Waals surface area (Å²) in [5.41, 5.74) is 1.77. The van der Waals surface area contributed by atoms with Gasteiger partial charge < -0.3 is 5.32 Å². The van der Waals surface area contributed by atoms with Gasteiger partial charge in [0.2, 0.25) is 5.82 Å². The Morgan fingerprint density at radius 1 is 1.41 bits per heavy atom. The Morgan fingerprint density at radius 2 is 2.18 bits per heavy atom. The molecule has 5 nitrogen and oxygen atoms in total. The van der Waals surface area contributed by atoms with Gasteiger partial charge in [0.05, 0.1) is 5.69 Å². The van der Waals surface area contributed by atoms with Crippen molar-refractivity contribution in [2.75, 3.05) is 5.32 Å². The maximum atomic E-state index is 11.8. The molecule has 17 heavy (non-hydrogen) atoms. The number of benzene rings is 1. The third kappa shape index (κ3) is 2.71. The molecule has 0 saturated heterocycles. The second-order valence-electron chi connectivity index (χ2n) is 3.68. The van der Waals surface area contributed by atoms with Crippen molar-refractivity contribution in [2.24, 2.45) is 0 Å². The lowest BCUT2D eigenvalue weighted by atomic mass is 10.2. The number of H-pyrrole nitrogens is 1. The van der Waals surface area contributed by atoms with Crippen molar-refractivity contribution in [3.8, 4) is 0 Å². The molecule has 0 spiro atoms. The van der Waals surface area contributed by atoms with E-state index in [0.29, 0.717) is 11.5 Å². The van der Waals surface area contributed by atoms with Crippen LogP contribution in [0.1, 0.15) is 22.0 Å². The van der Waals surface area contributed by atoms with Crippen molar-refractivity contribution in [3.63, 3.8) is 0 Å². The molecule has 6 heteroatoms. The van der Waals surface area contributed by atoms with Crippen molar-refractivity contribution in [1.29, 1.82) is 0 Å². The van der Waals surface area contributed by atoms with Crippen LogP contribution < -0.4 is 5.32 Å². The number of carbonyl (C=O) groups excluding carboxylic acids is 1. The monoisotopic (exact) mass is 294 g/mol. The average Bonchev–Trinajstić information content (AvgIpc) is 2.70. The normalized spacial score (nSPS) is 10.3. The molecule has 2 aromatic rings. The fourth-order valence-electron chi connectivity index (χ4n) is 1.36. The van der Waals surface area contributed by atoms with Crippen LogP contribution in [0.25, 0.3) is 0 Å². The second kappa shape index (κ2) is 4.67. The second-order valence-corrected chi connectivity index (χ2v) is 4.54. The molecular weight excluding hydrogens is 284 g/mol. The van der Waals surface area contributed by atoms with E-state index in [-0.39, 0.29) is 11.7 Å². The largest absolute Gasteiger partial charge is 0.318 e. The fraction of sp³-hybridized carbons (Fsp3) is 0.182. The minimum Gasteiger partial charge on any atom is -0.318 e. The number of amides is 1. The molecule has 0 aliphatic heterocycles. The summed E-state index contributed by atoms with van der Waals surface area (Å²) in [6, 6.07) is 5.71. The Hall–Kier alpha value is -1.69. The zero-order valence-electron chi connectivity index (χ0n) is 9.41. The van der Waals surface area contributed by atoms with E-state index in [1.807, 2.05) is 25.1 Å². The summed E-state index contributed by atoms with van der Waals surface area (Å²) < 4.78 is 0.823. The smallest absolute Gasteiger partial charge is 0.295 e. The van der Waals surface area contributed by atoms with Crippen LogP contribution in [0, 0.1) is 13.8 Å². The van der Waals surface area contributed by atoms with E-state index in [9.17, 15) is 4.79 Å². The van der Waals surface area contributed by atoms with Crippen molar-refractivity contribution in [1.82, 2.24) is 15.2 Å². The highest BCUT2D eigenvalue weighted by Gasteiger charge is 2.12. The first-order valence-corrected chi connectivity index (χ1v) is 5.82. The van der Waals surface area contributed by atoms with E-state index >= 15 is 0 Å². The van der Waals surface area contributed by atoms with Crippen LogP contribution in [0.2, 0.25) is 0 Å². The van der Waals surface area contributed by atoms with Gasteiger partial charge >= 0.3 is 0 Å². The van der Waals surface area contributed by atoms with Crippen LogP contribution >= 0.6 is 15.9 Å². The minimum atomic E-state index is -0.333. The van der Waals surface area contributed by atoms with Gasteiger partial charge in [-0.15, -0.1) is 5.10 Å². The number of anilines is 1. The summed E-state index contributed by atoms with van der Waals surface area (Å²) in [5, 5.41) is 9.18. The molecule has 2 rings (SSSR count). The van der Waals surface area contributed by atoms with E-state index in [1.54, 1.807) is 6.92 Å². The van der Waals surface area contributed by atoms with E-state index in [1.165, 1.54) is 0 Å². The standard InChI is InChI=1S/C11H11BrN4O/c1-6-3-4-8(12)9(5-6)14-11(17)10-13-7(2)15-16-10/h3-5H,1-2H3,(H,14,17)(H,13,15,16). The number of halogens is 1. The lowest BCUT2D eigenvalue weighted by Crippen LogP contribution is -2.14.